The molecule has 1 rings (SSSR count). The van der Waals surface area contributed by atoms with Crippen molar-refractivity contribution in [3.8, 4) is 5.75 Å². The number of carboxylic acid groups (broad SMARTS) is 3. The lowest BCUT2D eigenvalue weighted by molar-refractivity contribution is -0.144. The number of phenolic OH excluding ortho intramolecular Hbond substituents is 1. The van der Waals surface area contributed by atoms with Gasteiger partial charge >= 0.3 is 17.9 Å². The second-order valence-electron chi connectivity index (χ2n) is 13.0. The fourth-order valence-corrected chi connectivity index (χ4v) is 4.97. The lowest BCUT2D eigenvalue weighted by Gasteiger charge is -2.27. The first-order valence-corrected chi connectivity index (χ1v) is 17.4. The van der Waals surface area contributed by atoms with Gasteiger partial charge in [0.05, 0.1) is 12.5 Å². The Balaban J connectivity index is 3.43. The number of hydrogen-bond acceptors (Lipinski definition) is 12. The second kappa shape index (κ2) is 23.5. The Bertz CT molecular complexity index is 1610. The van der Waals surface area contributed by atoms with Crippen LogP contribution in [0.3, 0.4) is 0 Å². The van der Waals surface area contributed by atoms with E-state index in [1.165, 1.54) is 24.3 Å². The zero-order valence-corrected chi connectivity index (χ0v) is 30.8. The third kappa shape index (κ3) is 17.7. The summed E-state index contributed by atoms with van der Waals surface area (Å²) in [5.74, 6) is -12.2. The van der Waals surface area contributed by atoms with Gasteiger partial charge in [-0.15, -0.1) is 0 Å². The zero-order valence-electron chi connectivity index (χ0n) is 30.8. The first kappa shape index (κ1) is 47.7. The summed E-state index contributed by atoms with van der Waals surface area (Å²) in [4.78, 5) is 125. The number of benzene rings is 1. The van der Waals surface area contributed by atoms with Crippen molar-refractivity contribution in [3.05, 3.63) is 29.8 Å². The van der Waals surface area contributed by atoms with Crippen molar-refractivity contribution in [2.24, 2.45) is 23.1 Å². The maximum Gasteiger partial charge on any atom is 0.326 e. The normalized spacial score (nSPS) is 14.6. The molecular weight excluding hydrogens is 744 g/mol. The van der Waals surface area contributed by atoms with E-state index in [0.29, 0.717) is 12.0 Å². The van der Waals surface area contributed by atoms with Crippen molar-refractivity contribution >= 4 is 59.3 Å². The van der Waals surface area contributed by atoms with E-state index in [1.807, 2.05) is 0 Å². The number of amides is 7. The van der Waals surface area contributed by atoms with Crippen LogP contribution in [0.25, 0.3) is 0 Å². The zero-order chi connectivity index (χ0) is 42.7. The Morgan fingerprint density at radius 2 is 1.00 bits per heavy atom. The van der Waals surface area contributed by atoms with Gasteiger partial charge in [-0.2, -0.15) is 0 Å². The summed E-state index contributed by atoms with van der Waals surface area (Å²) < 4.78 is 0. The van der Waals surface area contributed by atoms with Crippen LogP contribution >= 0.6 is 0 Å². The number of nitrogens with one attached hydrogen (secondary N) is 5. The number of primary amides is 2. The first-order chi connectivity index (χ1) is 26.1. The van der Waals surface area contributed by atoms with Gasteiger partial charge in [-0.3, -0.25) is 43.2 Å². The summed E-state index contributed by atoms with van der Waals surface area (Å²) >= 11 is 0. The van der Waals surface area contributed by atoms with Crippen LogP contribution in [0, 0.1) is 5.92 Å². The lowest BCUT2D eigenvalue weighted by atomic mass is 9.98. The summed E-state index contributed by atoms with van der Waals surface area (Å²) in [6.07, 6.45) is -3.86. The molecule has 0 radical (unpaired) electrons. The number of hydrogen-bond donors (Lipinski definition) is 12. The predicted octanol–water partition coefficient (Wildman–Crippen LogP) is -3.31. The number of aliphatic carboxylic acids is 3. The highest BCUT2D eigenvalue weighted by atomic mass is 16.4. The van der Waals surface area contributed by atoms with E-state index >= 15 is 0 Å². The SMILES string of the molecule is CCC(C)C(N)C(=O)NC(CCC(N)=O)C(=O)NC(CCC(N)=O)C(=O)NC(CC(=O)O)C(=O)NC(Cc1ccc(O)cc1)C(=O)NC(CCC(=O)O)C(=O)O. The molecule has 0 aliphatic rings. The second-order valence-corrected chi connectivity index (χ2v) is 13.0. The van der Waals surface area contributed by atoms with Crippen LogP contribution in [0.15, 0.2) is 24.3 Å². The van der Waals surface area contributed by atoms with E-state index in [0.717, 1.165) is 0 Å². The van der Waals surface area contributed by atoms with E-state index < -0.39 is 128 Å². The summed E-state index contributed by atoms with van der Waals surface area (Å²) in [5.41, 5.74) is 16.8. The fourth-order valence-electron chi connectivity index (χ4n) is 4.97. The van der Waals surface area contributed by atoms with E-state index in [9.17, 15) is 63.3 Å². The molecule has 1 aromatic carbocycles. The number of phenols is 1. The quantitative estimate of drug-likeness (QED) is 0.0437. The highest BCUT2D eigenvalue weighted by Gasteiger charge is 2.34. The first-order valence-electron chi connectivity index (χ1n) is 17.4. The number of carbonyl (C=O) groups excluding carboxylic acids is 7. The van der Waals surface area contributed by atoms with Crippen LogP contribution in [-0.2, 0) is 54.4 Å². The predicted molar refractivity (Wildman–Crippen MR) is 193 cm³/mol. The Morgan fingerprint density at radius 3 is 1.45 bits per heavy atom. The Hall–Kier alpha value is -6.32. The minimum atomic E-state index is -1.97. The molecular formula is C34H50N8O14. The molecule has 7 unspecified atom stereocenters. The van der Waals surface area contributed by atoms with Crippen molar-refractivity contribution in [2.45, 2.75) is 108 Å². The van der Waals surface area contributed by atoms with Gasteiger partial charge in [-0.25, -0.2) is 4.79 Å². The van der Waals surface area contributed by atoms with Gasteiger partial charge in [0, 0.05) is 25.7 Å². The molecule has 22 nitrogen and oxygen atoms in total. The molecule has 0 bridgehead atoms. The summed E-state index contributed by atoms with van der Waals surface area (Å²) in [7, 11) is 0. The third-order valence-corrected chi connectivity index (χ3v) is 8.47. The molecule has 22 heteroatoms. The van der Waals surface area contributed by atoms with Gasteiger partial charge in [0.15, 0.2) is 0 Å². The molecule has 0 saturated carbocycles. The standard InChI is InChI=1S/C34H50N8O14/c1-3-16(2)28(37)33(54)39-20(9-12-25(36)45)29(50)38-19(8-11-24(35)44)30(51)42-23(15-27(48)49)32(53)41-22(14-17-4-6-18(43)7-5-17)31(52)40-21(34(55)56)10-13-26(46)47/h4-7,16,19-23,28,43H,3,8-15,37H2,1-2H3,(H2,35,44)(H2,36,45)(H,38,50)(H,39,54)(H,40,52)(H,41,53)(H,42,51)(H,46,47)(H,48,49)(H,55,56). The van der Waals surface area contributed by atoms with Crippen molar-refractivity contribution in [3.63, 3.8) is 0 Å². The molecule has 0 fully saturated rings. The summed E-state index contributed by atoms with van der Waals surface area (Å²) in [6, 6.07) is -4.36. The molecule has 7 amide bonds. The molecule has 0 heterocycles. The molecule has 1 aromatic rings. The maximum atomic E-state index is 13.6. The summed E-state index contributed by atoms with van der Waals surface area (Å²) in [5, 5.41) is 49.0. The number of aromatic hydroxyl groups is 1. The van der Waals surface area contributed by atoms with E-state index in [4.69, 9.17) is 22.3 Å². The molecule has 7 atom stereocenters. The molecule has 0 spiro atoms. The third-order valence-electron chi connectivity index (χ3n) is 8.47. The minimum absolute atomic E-state index is 0.156. The van der Waals surface area contributed by atoms with Crippen LogP contribution in [0.5, 0.6) is 5.75 Å². The van der Waals surface area contributed by atoms with Crippen LogP contribution in [0.1, 0.15) is 70.8 Å². The summed E-state index contributed by atoms with van der Waals surface area (Å²) in [6.45, 7) is 3.47. The number of nitrogens with two attached hydrogens (primary N) is 3. The Morgan fingerprint density at radius 1 is 0.589 bits per heavy atom. The highest BCUT2D eigenvalue weighted by Crippen LogP contribution is 2.13. The Labute approximate surface area is 320 Å². The average molecular weight is 795 g/mol. The lowest BCUT2D eigenvalue weighted by Crippen LogP contribution is -2.60. The van der Waals surface area contributed by atoms with Gasteiger partial charge in [0.25, 0.3) is 0 Å². The smallest absolute Gasteiger partial charge is 0.326 e. The van der Waals surface area contributed by atoms with E-state index in [-0.39, 0.29) is 30.9 Å². The molecule has 0 aliphatic carbocycles. The van der Waals surface area contributed by atoms with Crippen molar-refractivity contribution in [1.29, 1.82) is 0 Å². The molecule has 0 saturated heterocycles. The van der Waals surface area contributed by atoms with Gasteiger partial charge < -0.3 is 64.2 Å². The molecule has 0 aliphatic heterocycles. The van der Waals surface area contributed by atoms with Crippen LogP contribution in [-0.4, -0.2) is 116 Å². The van der Waals surface area contributed by atoms with E-state index in [1.54, 1.807) is 13.8 Å². The topological polar surface area (TPSA) is 390 Å². The monoisotopic (exact) mass is 794 g/mol. The largest absolute Gasteiger partial charge is 0.508 e. The average Bonchev–Trinajstić information content (AvgIpc) is 3.11. The van der Waals surface area contributed by atoms with Crippen LogP contribution in [0.4, 0.5) is 0 Å². The van der Waals surface area contributed by atoms with Gasteiger partial charge in [-0.1, -0.05) is 32.4 Å². The fraction of sp³-hybridized carbons (Fsp3) is 0.529. The molecule has 15 N–H and O–H groups in total. The number of carbonyl (C=O) groups is 10. The number of rotatable bonds is 26. The maximum absolute atomic E-state index is 13.6. The van der Waals surface area contributed by atoms with Crippen LogP contribution < -0.4 is 43.8 Å². The molecule has 56 heavy (non-hydrogen) atoms. The Kier molecular flexibility index (Phi) is 20.0. The number of carboxylic acids is 3. The minimum Gasteiger partial charge on any atom is -0.508 e. The van der Waals surface area contributed by atoms with Gasteiger partial charge in [0.2, 0.25) is 41.4 Å². The van der Waals surface area contributed by atoms with Crippen molar-refractivity contribution < 1.29 is 68.4 Å². The molecule has 0 aromatic heterocycles. The van der Waals surface area contributed by atoms with Crippen molar-refractivity contribution in [2.75, 3.05) is 0 Å². The van der Waals surface area contributed by atoms with Gasteiger partial charge in [0.1, 0.15) is 36.0 Å². The molecule has 310 valence electrons. The van der Waals surface area contributed by atoms with Crippen LogP contribution in [0.2, 0.25) is 0 Å². The van der Waals surface area contributed by atoms with Gasteiger partial charge in [-0.05, 0) is 42.9 Å². The van der Waals surface area contributed by atoms with Crippen molar-refractivity contribution in [1.82, 2.24) is 26.6 Å². The van der Waals surface area contributed by atoms with E-state index in [2.05, 4.69) is 26.6 Å². The highest BCUT2D eigenvalue weighted by molar-refractivity contribution is 5.98.